The van der Waals surface area contributed by atoms with Crippen molar-refractivity contribution in [3.8, 4) is 22.6 Å². The first-order valence-corrected chi connectivity index (χ1v) is 7.07. The molecule has 0 saturated heterocycles. The SMILES string of the molecule is COc1cc(OC)c2oc(S)c(-c3ccccc3)c(=O)c2c1. The summed E-state index contributed by atoms with van der Waals surface area (Å²) in [6.07, 6.45) is 0. The number of fused-ring (bicyclic) bond motifs is 1. The predicted octanol–water partition coefficient (Wildman–Crippen LogP) is 3.77. The van der Waals surface area contributed by atoms with Gasteiger partial charge < -0.3 is 13.9 Å². The van der Waals surface area contributed by atoms with Gasteiger partial charge in [-0.05, 0) is 11.6 Å². The molecule has 3 rings (SSSR count). The molecule has 0 saturated carbocycles. The van der Waals surface area contributed by atoms with Gasteiger partial charge >= 0.3 is 0 Å². The maximum Gasteiger partial charge on any atom is 0.201 e. The van der Waals surface area contributed by atoms with Gasteiger partial charge in [0.25, 0.3) is 0 Å². The minimum atomic E-state index is -0.172. The average Bonchev–Trinajstić information content (AvgIpc) is 2.55. The molecule has 1 heterocycles. The van der Waals surface area contributed by atoms with Crippen LogP contribution >= 0.6 is 12.6 Å². The van der Waals surface area contributed by atoms with Gasteiger partial charge in [-0.3, -0.25) is 4.79 Å². The largest absolute Gasteiger partial charge is 0.497 e. The van der Waals surface area contributed by atoms with Crippen LogP contribution in [0.4, 0.5) is 0 Å². The molecule has 4 nitrogen and oxygen atoms in total. The van der Waals surface area contributed by atoms with Crippen LogP contribution in [0.1, 0.15) is 0 Å². The Bertz CT molecular complexity index is 885. The molecular weight excluding hydrogens is 300 g/mol. The van der Waals surface area contributed by atoms with Crippen LogP contribution in [0.2, 0.25) is 0 Å². The molecule has 0 aliphatic heterocycles. The summed E-state index contributed by atoms with van der Waals surface area (Å²) in [5.74, 6) is 0.962. The van der Waals surface area contributed by atoms with Crippen LogP contribution in [0.25, 0.3) is 22.1 Å². The van der Waals surface area contributed by atoms with E-state index in [0.717, 1.165) is 5.56 Å². The third-order valence-electron chi connectivity index (χ3n) is 3.43. The van der Waals surface area contributed by atoms with Gasteiger partial charge in [0.1, 0.15) is 5.75 Å². The minimum Gasteiger partial charge on any atom is -0.497 e. The molecule has 0 bridgehead atoms. The zero-order valence-electron chi connectivity index (χ0n) is 12.1. The highest BCUT2D eigenvalue weighted by Gasteiger charge is 2.17. The van der Waals surface area contributed by atoms with Crippen molar-refractivity contribution in [1.29, 1.82) is 0 Å². The van der Waals surface area contributed by atoms with E-state index in [1.165, 1.54) is 14.2 Å². The lowest BCUT2D eigenvalue weighted by Crippen LogP contribution is -2.07. The smallest absolute Gasteiger partial charge is 0.201 e. The molecule has 0 aliphatic rings. The zero-order chi connectivity index (χ0) is 15.7. The number of ether oxygens (including phenoxy) is 2. The van der Waals surface area contributed by atoms with Crippen LogP contribution in [-0.4, -0.2) is 14.2 Å². The lowest BCUT2D eigenvalue weighted by atomic mass is 10.1. The van der Waals surface area contributed by atoms with Gasteiger partial charge in [0.2, 0.25) is 5.43 Å². The fraction of sp³-hybridized carbons (Fsp3) is 0.118. The maximum absolute atomic E-state index is 12.9. The van der Waals surface area contributed by atoms with Crippen molar-refractivity contribution in [2.24, 2.45) is 0 Å². The first-order valence-electron chi connectivity index (χ1n) is 6.63. The highest BCUT2D eigenvalue weighted by Crippen LogP contribution is 2.34. The van der Waals surface area contributed by atoms with Crippen LogP contribution < -0.4 is 14.9 Å². The molecule has 0 amide bonds. The molecule has 3 aromatic rings. The lowest BCUT2D eigenvalue weighted by molar-refractivity contribution is 0.387. The summed E-state index contributed by atoms with van der Waals surface area (Å²) in [7, 11) is 3.05. The van der Waals surface area contributed by atoms with Crippen molar-refractivity contribution < 1.29 is 13.9 Å². The van der Waals surface area contributed by atoms with Gasteiger partial charge in [-0.1, -0.05) is 30.3 Å². The highest BCUT2D eigenvalue weighted by atomic mass is 32.1. The Morgan fingerprint density at radius 2 is 1.77 bits per heavy atom. The second-order valence-corrected chi connectivity index (χ2v) is 5.09. The fourth-order valence-corrected chi connectivity index (χ4v) is 2.68. The van der Waals surface area contributed by atoms with Crippen LogP contribution in [0.3, 0.4) is 0 Å². The van der Waals surface area contributed by atoms with E-state index in [4.69, 9.17) is 13.9 Å². The Hall–Kier alpha value is -2.40. The highest BCUT2D eigenvalue weighted by molar-refractivity contribution is 7.80. The van der Waals surface area contributed by atoms with Crippen LogP contribution in [0.15, 0.2) is 56.8 Å². The van der Waals surface area contributed by atoms with Gasteiger partial charge in [-0.25, -0.2) is 0 Å². The molecule has 0 fully saturated rings. The van der Waals surface area contributed by atoms with Crippen LogP contribution in [0.5, 0.6) is 11.5 Å². The number of hydrogen-bond acceptors (Lipinski definition) is 5. The monoisotopic (exact) mass is 314 g/mol. The molecule has 22 heavy (non-hydrogen) atoms. The number of thiol groups is 1. The Labute approximate surface area is 132 Å². The van der Waals surface area contributed by atoms with Gasteiger partial charge in [0, 0.05) is 6.07 Å². The Balaban J connectivity index is 2.40. The van der Waals surface area contributed by atoms with Gasteiger partial charge in [-0.15, -0.1) is 12.6 Å². The second-order valence-electron chi connectivity index (χ2n) is 4.68. The molecule has 0 spiro atoms. The van der Waals surface area contributed by atoms with Crippen LogP contribution in [0, 0.1) is 0 Å². The molecule has 0 atom stereocenters. The van der Waals surface area contributed by atoms with Gasteiger partial charge in [-0.2, -0.15) is 0 Å². The number of methoxy groups -OCH3 is 2. The quantitative estimate of drug-likeness (QED) is 0.748. The molecule has 112 valence electrons. The summed E-state index contributed by atoms with van der Waals surface area (Å²) in [4.78, 5) is 12.9. The molecular formula is C17H14O4S. The van der Waals surface area contributed by atoms with E-state index in [2.05, 4.69) is 12.6 Å². The molecule has 2 aromatic carbocycles. The summed E-state index contributed by atoms with van der Waals surface area (Å²) in [5.41, 5.74) is 1.37. The third kappa shape index (κ3) is 2.33. The van der Waals surface area contributed by atoms with E-state index < -0.39 is 0 Å². The first kappa shape index (κ1) is 14.5. The molecule has 1 aromatic heterocycles. The Morgan fingerprint density at radius 3 is 2.41 bits per heavy atom. The predicted molar refractivity (Wildman–Crippen MR) is 88.3 cm³/mol. The van der Waals surface area contributed by atoms with Crippen molar-refractivity contribution in [3.05, 3.63) is 52.7 Å². The van der Waals surface area contributed by atoms with Crippen molar-refractivity contribution in [1.82, 2.24) is 0 Å². The first-order chi connectivity index (χ1) is 10.7. The molecule has 0 N–H and O–H groups in total. The number of hydrogen-bond donors (Lipinski definition) is 1. The van der Waals surface area contributed by atoms with E-state index in [1.807, 2.05) is 30.3 Å². The van der Waals surface area contributed by atoms with Crippen molar-refractivity contribution in [2.75, 3.05) is 14.2 Å². The van der Waals surface area contributed by atoms with E-state index >= 15 is 0 Å². The minimum absolute atomic E-state index is 0.172. The van der Waals surface area contributed by atoms with E-state index in [9.17, 15) is 4.79 Å². The standard InChI is InChI=1S/C17H14O4S/c1-19-11-8-12-15(18)14(10-6-4-3-5-7-10)17(22)21-16(12)13(9-11)20-2/h3-9,22H,1-2H3. The van der Waals surface area contributed by atoms with Crippen molar-refractivity contribution in [3.63, 3.8) is 0 Å². The van der Waals surface area contributed by atoms with Crippen molar-refractivity contribution >= 4 is 23.6 Å². The Kier molecular flexibility index (Phi) is 3.81. The van der Waals surface area contributed by atoms with Gasteiger partial charge in [0.15, 0.2) is 16.4 Å². The zero-order valence-corrected chi connectivity index (χ0v) is 13.0. The Morgan fingerprint density at radius 1 is 1.05 bits per heavy atom. The summed E-state index contributed by atoms with van der Waals surface area (Å²) in [6, 6.07) is 12.6. The summed E-state index contributed by atoms with van der Waals surface area (Å²) >= 11 is 4.34. The molecule has 0 radical (unpaired) electrons. The number of benzene rings is 2. The van der Waals surface area contributed by atoms with E-state index in [-0.39, 0.29) is 10.5 Å². The summed E-state index contributed by atoms with van der Waals surface area (Å²) in [6.45, 7) is 0. The van der Waals surface area contributed by atoms with Crippen molar-refractivity contribution in [2.45, 2.75) is 5.09 Å². The number of rotatable bonds is 3. The third-order valence-corrected chi connectivity index (χ3v) is 3.75. The topological polar surface area (TPSA) is 48.7 Å². The molecule has 0 unspecified atom stereocenters. The molecule has 0 aliphatic carbocycles. The second kappa shape index (κ2) is 5.77. The normalized spacial score (nSPS) is 10.7. The van der Waals surface area contributed by atoms with E-state index in [1.54, 1.807) is 12.1 Å². The summed E-state index contributed by atoms with van der Waals surface area (Å²) < 4.78 is 16.2. The lowest BCUT2D eigenvalue weighted by Gasteiger charge is -2.10. The maximum atomic E-state index is 12.9. The van der Waals surface area contributed by atoms with E-state index in [0.29, 0.717) is 28.0 Å². The van der Waals surface area contributed by atoms with Crippen LogP contribution in [-0.2, 0) is 0 Å². The van der Waals surface area contributed by atoms with Gasteiger partial charge in [0.05, 0.1) is 25.2 Å². The average molecular weight is 314 g/mol. The summed E-state index contributed by atoms with van der Waals surface area (Å²) in [5, 5.41) is 0.653. The fourth-order valence-electron chi connectivity index (χ4n) is 2.36. The molecule has 5 heteroatoms.